The van der Waals surface area contributed by atoms with Crippen LogP contribution in [0.15, 0.2) is 84.6 Å². The highest BCUT2D eigenvalue weighted by Crippen LogP contribution is 2.35. The quantitative estimate of drug-likeness (QED) is 0.529. The number of benzene rings is 3. The first-order valence-corrected chi connectivity index (χ1v) is 10.5. The minimum Gasteiger partial charge on any atom is -0.492 e. The molecule has 7 heteroatoms. The Kier molecular flexibility index (Phi) is 6.22. The van der Waals surface area contributed by atoms with Crippen molar-refractivity contribution in [3.8, 4) is 5.75 Å². The average Bonchev–Trinajstić information content (AvgIpc) is 3.05. The number of hydrogen-bond donors (Lipinski definition) is 2. The maximum Gasteiger partial charge on any atom is 0.282 e. The van der Waals surface area contributed by atoms with Gasteiger partial charge in [-0.2, -0.15) is 0 Å². The third-order valence-electron chi connectivity index (χ3n) is 5.04. The lowest BCUT2D eigenvalue weighted by Gasteiger charge is -2.16. The second kappa shape index (κ2) is 9.40. The van der Waals surface area contributed by atoms with Crippen LogP contribution in [0.25, 0.3) is 5.57 Å². The Hall–Kier alpha value is -4.39. The third kappa shape index (κ3) is 4.48. The summed E-state index contributed by atoms with van der Waals surface area (Å²) in [6.07, 6.45) is 0. The summed E-state index contributed by atoms with van der Waals surface area (Å²) in [5.74, 6) is -0.515. The Balaban J connectivity index is 1.79. The molecule has 166 valence electrons. The monoisotopic (exact) mass is 441 g/mol. The van der Waals surface area contributed by atoms with Gasteiger partial charge >= 0.3 is 0 Å². The third-order valence-corrected chi connectivity index (χ3v) is 5.04. The molecule has 0 unspecified atom stereocenters. The number of amides is 3. The lowest BCUT2D eigenvalue weighted by molar-refractivity contribution is -0.120. The highest BCUT2D eigenvalue weighted by Gasteiger charge is 2.40. The fourth-order valence-electron chi connectivity index (χ4n) is 3.63. The van der Waals surface area contributed by atoms with Gasteiger partial charge in [-0.1, -0.05) is 42.5 Å². The van der Waals surface area contributed by atoms with E-state index < -0.39 is 11.8 Å². The SMILES string of the molecule is CCOc1ccccc1NC1=C(c2ccc(NC(C)=O)cc2)C(=O)N(c2ccccc2)C1=O. The fraction of sp³-hybridized carbons (Fsp3) is 0.115. The van der Waals surface area contributed by atoms with E-state index in [9.17, 15) is 14.4 Å². The molecule has 1 aliphatic heterocycles. The lowest BCUT2D eigenvalue weighted by Crippen LogP contribution is -2.32. The molecule has 3 aromatic carbocycles. The van der Waals surface area contributed by atoms with Crippen LogP contribution in [-0.2, 0) is 14.4 Å². The van der Waals surface area contributed by atoms with E-state index in [1.807, 2.05) is 25.1 Å². The van der Waals surface area contributed by atoms with Gasteiger partial charge in [-0.15, -0.1) is 0 Å². The Morgan fingerprint density at radius 1 is 0.879 bits per heavy atom. The van der Waals surface area contributed by atoms with E-state index in [2.05, 4.69) is 10.6 Å². The molecule has 1 heterocycles. The summed E-state index contributed by atoms with van der Waals surface area (Å²) in [6, 6.07) is 22.8. The molecule has 0 aliphatic carbocycles. The van der Waals surface area contributed by atoms with Crippen molar-refractivity contribution in [3.05, 3.63) is 90.1 Å². The zero-order chi connectivity index (χ0) is 23.4. The van der Waals surface area contributed by atoms with Crippen molar-refractivity contribution in [2.24, 2.45) is 0 Å². The van der Waals surface area contributed by atoms with Crippen LogP contribution in [0.2, 0.25) is 0 Å². The van der Waals surface area contributed by atoms with Crippen molar-refractivity contribution in [1.82, 2.24) is 0 Å². The van der Waals surface area contributed by atoms with Crippen LogP contribution in [0.3, 0.4) is 0 Å². The van der Waals surface area contributed by atoms with E-state index in [0.29, 0.717) is 35.0 Å². The van der Waals surface area contributed by atoms with Gasteiger partial charge in [0.05, 0.1) is 23.6 Å². The largest absolute Gasteiger partial charge is 0.492 e. The summed E-state index contributed by atoms with van der Waals surface area (Å²) in [7, 11) is 0. The van der Waals surface area contributed by atoms with Crippen LogP contribution in [0.4, 0.5) is 17.1 Å². The first-order chi connectivity index (χ1) is 16.0. The summed E-state index contributed by atoms with van der Waals surface area (Å²) in [5.41, 5.74) is 2.61. The van der Waals surface area contributed by atoms with E-state index in [-0.39, 0.29) is 17.2 Å². The Labute approximate surface area is 191 Å². The molecule has 7 nitrogen and oxygen atoms in total. The highest BCUT2D eigenvalue weighted by atomic mass is 16.5. The van der Waals surface area contributed by atoms with Crippen LogP contribution in [-0.4, -0.2) is 24.3 Å². The first-order valence-electron chi connectivity index (χ1n) is 10.5. The topological polar surface area (TPSA) is 87.7 Å². The standard InChI is InChI=1S/C26H23N3O4/c1-3-33-22-12-8-7-11-21(22)28-24-23(18-13-15-19(16-14-18)27-17(2)30)25(31)29(26(24)32)20-9-5-4-6-10-20/h4-16,28H,3H2,1-2H3,(H,27,30). The van der Waals surface area contributed by atoms with Crippen molar-refractivity contribution in [1.29, 1.82) is 0 Å². The summed E-state index contributed by atoms with van der Waals surface area (Å²) >= 11 is 0. The lowest BCUT2D eigenvalue weighted by atomic mass is 10.0. The molecule has 33 heavy (non-hydrogen) atoms. The number of rotatable bonds is 7. The van der Waals surface area contributed by atoms with Crippen LogP contribution in [0, 0.1) is 0 Å². The van der Waals surface area contributed by atoms with E-state index in [1.54, 1.807) is 60.7 Å². The van der Waals surface area contributed by atoms with Crippen molar-refractivity contribution < 1.29 is 19.1 Å². The van der Waals surface area contributed by atoms with Crippen molar-refractivity contribution in [2.75, 3.05) is 22.1 Å². The number of anilines is 3. The van der Waals surface area contributed by atoms with Crippen LogP contribution in [0.1, 0.15) is 19.4 Å². The second-order valence-corrected chi connectivity index (χ2v) is 7.34. The van der Waals surface area contributed by atoms with E-state index in [0.717, 1.165) is 4.90 Å². The number of para-hydroxylation sites is 3. The molecule has 2 N–H and O–H groups in total. The number of ether oxygens (including phenoxy) is 1. The fourth-order valence-corrected chi connectivity index (χ4v) is 3.63. The summed E-state index contributed by atoms with van der Waals surface area (Å²) in [6.45, 7) is 3.75. The number of imide groups is 1. The normalized spacial score (nSPS) is 13.3. The average molecular weight is 441 g/mol. The van der Waals surface area contributed by atoms with Crippen LogP contribution >= 0.6 is 0 Å². The molecule has 0 saturated heterocycles. The van der Waals surface area contributed by atoms with Crippen molar-refractivity contribution in [2.45, 2.75) is 13.8 Å². The molecule has 0 fully saturated rings. The molecular weight excluding hydrogens is 418 g/mol. The van der Waals surface area contributed by atoms with E-state index >= 15 is 0 Å². The maximum atomic E-state index is 13.5. The van der Waals surface area contributed by atoms with Gasteiger partial charge in [-0.05, 0) is 48.9 Å². The molecule has 0 aromatic heterocycles. The zero-order valence-electron chi connectivity index (χ0n) is 18.3. The van der Waals surface area contributed by atoms with Gasteiger partial charge in [0.1, 0.15) is 11.4 Å². The first kappa shape index (κ1) is 21.8. The summed E-state index contributed by atoms with van der Waals surface area (Å²) in [4.78, 5) is 39.5. The number of carbonyl (C=O) groups excluding carboxylic acids is 3. The maximum absolute atomic E-state index is 13.5. The molecule has 0 spiro atoms. The molecular formula is C26H23N3O4. The van der Waals surface area contributed by atoms with Gasteiger partial charge in [0.15, 0.2) is 0 Å². The van der Waals surface area contributed by atoms with Crippen molar-refractivity contribution >= 4 is 40.4 Å². The van der Waals surface area contributed by atoms with Gasteiger partial charge in [0, 0.05) is 12.6 Å². The smallest absolute Gasteiger partial charge is 0.282 e. The Morgan fingerprint density at radius 3 is 2.21 bits per heavy atom. The van der Waals surface area contributed by atoms with Gasteiger partial charge < -0.3 is 15.4 Å². The molecule has 0 bridgehead atoms. The molecule has 1 aliphatic rings. The second-order valence-electron chi connectivity index (χ2n) is 7.34. The minimum absolute atomic E-state index is 0.156. The molecule has 0 atom stereocenters. The van der Waals surface area contributed by atoms with Gasteiger partial charge in [-0.25, -0.2) is 4.90 Å². The van der Waals surface area contributed by atoms with Gasteiger partial charge in [-0.3, -0.25) is 14.4 Å². The zero-order valence-corrected chi connectivity index (χ0v) is 18.3. The predicted octanol–water partition coefficient (Wildman–Crippen LogP) is 4.44. The van der Waals surface area contributed by atoms with Gasteiger partial charge in [0.25, 0.3) is 11.8 Å². The summed E-state index contributed by atoms with van der Waals surface area (Å²) in [5, 5.41) is 5.84. The molecule has 0 radical (unpaired) electrons. The van der Waals surface area contributed by atoms with E-state index in [1.165, 1.54) is 6.92 Å². The number of hydrogen-bond acceptors (Lipinski definition) is 5. The number of carbonyl (C=O) groups is 3. The molecule has 3 aromatic rings. The molecule has 3 amide bonds. The van der Waals surface area contributed by atoms with Gasteiger partial charge in [0.2, 0.25) is 5.91 Å². The van der Waals surface area contributed by atoms with Crippen molar-refractivity contribution in [3.63, 3.8) is 0 Å². The van der Waals surface area contributed by atoms with Crippen LogP contribution < -0.4 is 20.3 Å². The highest BCUT2D eigenvalue weighted by molar-refractivity contribution is 6.46. The number of nitrogens with zero attached hydrogens (tertiary/aromatic N) is 1. The Morgan fingerprint density at radius 2 is 1.55 bits per heavy atom. The van der Waals surface area contributed by atoms with E-state index in [4.69, 9.17) is 4.74 Å². The predicted molar refractivity (Wildman–Crippen MR) is 128 cm³/mol. The minimum atomic E-state index is -0.460. The summed E-state index contributed by atoms with van der Waals surface area (Å²) < 4.78 is 5.68. The molecule has 4 rings (SSSR count). The van der Waals surface area contributed by atoms with Crippen LogP contribution in [0.5, 0.6) is 5.75 Å². The Bertz CT molecular complexity index is 1230. The number of nitrogens with one attached hydrogen (secondary N) is 2. The molecule has 0 saturated carbocycles.